The summed E-state index contributed by atoms with van der Waals surface area (Å²) < 4.78 is 7.33. The first-order valence-corrected chi connectivity index (χ1v) is 9.04. The highest BCUT2D eigenvalue weighted by Crippen LogP contribution is 2.22. The van der Waals surface area contributed by atoms with Gasteiger partial charge in [-0.1, -0.05) is 24.3 Å². The number of aromatic nitrogens is 2. The number of carbonyl (C=O) groups excluding carboxylic acids is 1. The van der Waals surface area contributed by atoms with E-state index in [0.29, 0.717) is 23.0 Å². The Labute approximate surface area is 165 Å². The number of methoxy groups -OCH3 is 1. The molecular weight excluding hydrogens is 410 g/mol. The second-order valence-corrected chi connectivity index (χ2v) is 6.73. The van der Waals surface area contributed by atoms with E-state index in [9.17, 15) is 9.59 Å². The lowest BCUT2D eigenvalue weighted by atomic mass is 10.1. The smallest absolute Gasteiger partial charge is 0.254 e. The van der Waals surface area contributed by atoms with Gasteiger partial charge in [-0.3, -0.25) is 14.2 Å². The summed E-state index contributed by atoms with van der Waals surface area (Å²) in [5.41, 5.74) is 1.68. The number of carbonyl (C=O) groups is 1. The minimum Gasteiger partial charge on any atom is -0.497 e. The number of hydrogen-bond donors (Lipinski definition) is 1. The van der Waals surface area contributed by atoms with Gasteiger partial charge >= 0.3 is 0 Å². The third-order valence-electron chi connectivity index (χ3n) is 4.01. The molecule has 3 aromatic rings. The van der Waals surface area contributed by atoms with Gasteiger partial charge in [0.2, 0.25) is 5.91 Å². The van der Waals surface area contributed by atoms with Crippen LogP contribution < -0.4 is 15.6 Å². The normalized spacial score (nSPS) is 10.5. The Morgan fingerprint density at radius 1 is 1.19 bits per heavy atom. The molecule has 0 unspecified atom stereocenters. The molecule has 7 heteroatoms. The summed E-state index contributed by atoms with van der Waals surface area (Å²) in [6.07, 6.45) is 0. The Bertz CT molecular complexity index is 1050. The maximum Gasteiger partial charge on any atom is 0.254 e. The molecule has 0 atom stereocenters. The number of benzene rings is 2. The van der Waals surface area contributed by atoms with E-state index in [2.05, 4.69) is 26.2 Å². The second kappa shape index (κ2) is 8.18. The number of rotatable bonds is 5. The molecule has 0 saturated carbocycles. The van der Waals surface area contributed by atoms with Crippen LogP contribution in [0.2, 0.25) is 0 Å². The van der Waals surface area contributed by atoms with Crippen molar-refractivity contribution in [2.75, 3.05) is 12.4 Å². The Morgan fingerprint density at radius 3 is 2.67 bits per heavy atom. The van der Waals surface area contributed by atoms with E-state index in [-0.39, 0.29) is 18.0 Å². The summed E-state index contributed by atoms with van der Waals surface area (Å²) >= 11 is 3.38. The van der Waals surface area contributed by atoms with E-state index in [1.165, 1.54) is 10.6 Å². The van der Waals surface area contributed by atoms with Gasteiger partial charge in [0.05, 0.1) is 18.5 Å². The number of aryl methyl sites for hydroxylation is 1. The topological polar surface area (TPSA) is 73.2 Å². The zero-order chi connectivity index (χ0) is 19.4. The highest BCUT2D eigenvalue weighted by molar-refractivity contribution is 9.10. The maximum absolute atomic E-state index is 12.5. The first-order valence-electron chi connectivity index (χ1n) is 8.25. The molecule has 0 aliphatic carbocycles. The van der Waals surface area contributed by atoms with E-state index in [1.54, 1.807) is 20.1 Å². The molecule has 3 rings (SSSR count). The van der Waals surface area contributed by atoms with Crippen LogP contribution in [0.15, 0.2) is 63.9 Å². The predicted molar refractivity (Wildman–Crippen MR) is 108 cm³/mol. The lowest BCUT2D eigenvalue weighted by Gasteiger charge is -2.12. The minimum atomic E-state index is -0.303. The molecule has 6 nitrogen and oxygen atoms in total. The fraction of sp³-hybridized carbons (Fsp3) is 0.150. The van der Waals surface area contributed by atoms with Crippen LogP contribution in [0.1, 0.15) is 5.82 Å². The van der Waals surface area contributed by atoms with Crippen molar-refractivity contribution in [1.82, 2.24) is 9.55 Å². The van der Waals surface area contributed by atoms with Crippen LogP contribution in [0.25, 0.3) is 11.3 Å². The Balaban J connectivity index is 1.84. The molecule has 0 aliphatic rings. The Morgan fingerprint density at radius 2 is 1.96 bits per heavy atom. The van der Waals surface area contributed by atoms with Gasteiger partial charge in [-0.25, -0.2) is 4.98 Å². The molecule has 2 aromatic carbocycles. The molecule has 0 aliphatic heterocycles. The van der Waals surface area contributed by atoms with Gasteiger partial charge in [0.25, 0.3) is 5.56 Å². The van der Waals surface area contributed by atoms with Crippen molar-refractivity contribution in [3.8, 4) is 17.0 Å². The molecule has 1 N–H and O–H groups in total. The molecule has 0 fully saturated rings. The van der Waals surface area contributed by atoms with E-state index in [1.807, 2.05) is 42.5 Å². The van der Waals surface area contributed by atoms with Gasteiger partial charge in [0.1, 0.15) is 18.1 Å². The van der Waals surface area contributed by atoms with Crippen LogP contribution in [-0.2, 0) is 11.3 Å². The Kier molecular flexibility index (Phi) is 5.71. The summed E-state index contributed by atoms with van der Waals surface area (Å²) in [5.74, 6) is 0.842. The maximum atomic E-state index is 12.5. The standard InChI is InChI=1S/C20H18BrN3O3/c1-13-22-18(14-6-5-7-15(10-14)27-2)11-20(26)24(13)12-19(25)23-17-9-4-3-8-16(17)21/h3-11H,12H2,1-2H3,(H,23,25). The highest BCUT2D eigenvalue weighted by atomic mass is 79.9. The molecule has 1 heterocycles. The van der Waals surface area contributed by atoms with Gasteiger partial charge < -0.3 is 10.1 Å². The van der Waals surface area contributed by atoms with Crippen LogP contribution in [0.4, 0.5) is 5.69 Å². The third kappa shape index (κ3) is 4.43. The molecule has 138 valence electrons. The van der Waals surface area contributed by atoms with Crippen molar-refractivity contribution in [2.45, 2.75) is 13.5 Å². The lowest BCUT2D eigenvalue weighted by molar-refractivity contribution is -0.116. The fourth-order valence-corrected chi connectivity index (χ4v) is 3.02. The molecule has 0 saturated heterocycles. The van der Waals surface area contributed by atoms with Crippen molar-refractivity contribution in [1.29, 1.82) is 0 Å². The van der Waals surface area contributed by atoms with Gasteiger partial charge in [0, 0.05) is 16.1 Å². The van der Waals surface area contributed by atoms with E-state index in [0.717, 1.165) is 10.0 Å². The third-order valence-corrected chi connectivity index (χ3v) is 4.71. The summed E-state index contributed by atoms with van der Waals surface area (Å²) in [7, 11) is 1.58. The van der Waals surface area contributed by atoms with Crippen molar-refractivity contribution in [2.24, 2.45) is 0 Å². The van der Waals surface area contributed by atoms with Crippen LogP contribution in [-0.4, -0.2) is 22.6 Å². The summed E-state index contributed by atoms with van der Waals surface area (Å²) in [5, 5.41) is 2.78. The number of halogens is 1. The monoisotopic (exact) mass is 427 g/mol. The highest BCUT2D eigenvalue weighted by Gasteiger charge is 2.12. The first-order chi connectivity index (χ1) is 13.0. The summed E-state index contributed by atoms with van der Waals surface area (Å²) in [6.45, 7) is 1.59. The quantitative estimate of drug-likeness (QED) is 0.674. The molecule has 0 radical (unpaired) electrons. The van der Waals surface area contributed by atoms with Gasteiger partial charge in [-0.2, -0.15) is 0 Å². The number of nitrogens with one attached hydrogen (secondary N) is 1. The fourth-order valence-electron chi connectivity index (χ4n) is 2.64. The zero-order valence-corrected chi connectivity index (χ0v) is 16.5. The molecule has 1 amide bonds. The van der Waals surface area contributed by atoms with E-state index < -0.39 is 0 Å². The Hall–Kier alpha value is -2.93. The van der Waals surface area contributed by atoms with Crippen molar-refractivity contribution < 1.29 is 9.53 Å². The number of amides is 1. The average Bonchev–Trinajstić information content (AvgIpc) is 2.66. The first kappa shape index (κ1) is 18.8. The van der Waals surface area contributed by atoms with Crippen molar-refractivity contribution >= 4 is 27.5 Å². The van der Waals surface area contributed by atoms with E-state index in [4.69, 9.17) is 4.74 Å². The molecule has 0 spiro atoms. The number of nitrogens with zero attached hydrogens (tertiary/aromatic N) is 2. The van der Waals surface area contributed by atoms with Crippen LogP contribution >= 0.6 is 15.9 Å². The number of hydrogen-bond acceptors (Lipinski definition) is 4. The number of para-hydroxylation sites is 1. The summed E-state index contributed by atoms with van der Waals surface area (Å²) in [6, 6.07) is 16.0. The summed E-state index contributed by atoms with van der Waals surface area (Å²) in [4.78, 5) is 29.4. The van der Waals surface area contributed by atoms with Crippen LogP contribution in [0, 0.1) is 6.92 Å². The lowest BCUT2D eigenvalue weighted by Crippen LogP contribution is -2.29. The van der Waals surface area contributed by atoms with Crippen LogP contribution in [0.5, 0.6) is 5.75 Å². The molecule has 27 heavy (non-hydrogen) atoms. The molecule has 0 bridgehead atoms. The largest absolute Gasteiger partial charge is 0.497 e. The zero-order valence-electron chi connectivity index (χ0n) is 14.9. The SMILES string of the molecule is COc1cccc(-c2cc(=O)n(CC(=O)Nc3ccccc3Br)c(C)n2)c1. The van der Waals surface area contributed by atoms with E-state index >= 15 is 0 Å². The minimum absolute atomic E-state index is 0.114. The van der Waals surface area contributed by atoms with Gasteiger partial charge in [0.15, 0.2) is 0 Å². The van der Waals surface area contributed by atoms with Crippen LogP contribution in [0.3, 0.4) is 0 Å². The van der Waals surface area contributed by atoms with Crippen molar-refractivity contribution in [3.63, 3.8) is 0 Å². The molecular formula is C20H18BrN3O3. The molecule has 1 aromatic heterocycles. The van der Waals surface area contributed by atoms with Crippen molar-refractivity contribution in [3.05, 3.63) is 75.2 Å². The number of ether oxygens (including phenoxy) is 1. The number of anilines is 1. The average molecular weight is 428 g/mol. The predicted octanol–water partition coefficient (Wildman–Crippen LogP) is 3.63. The van der Waals surface area contributed by atoms with Gasteiger partial charge in [-0.05, 0) is 47.1 Å². The van der Waals surface area contributed by atoms with Gasteiger partial charge in [-0.15, -0.1) is 0 Å². The second-order valence-electron chi connectivity index (χ2n) is 5.87.